The molecule has 1 aromatic carbocycles. The second-order valence-corrected chi connectivity index (χ2v) is 3.85. The number of anilines is 1. The first-order chi connectivity index (χ1) is 10.0. The van der Waals surface area contributed by atoms with Gasteiger partial charge < -0.3 is 24.8 Å². The van der Waals surface area contributed by atoms with Crippen molar-refractivity contribution in [2.45, 2.75) is 0 Å². The SMILES string of the molecule is CNC(=O)/C(=C/C(=O)OC)Nc1cc(OC)ccc1OC. The highest BCUT2D eigenvalue weighted by atomic mass is 16.5. The predicted molar refractivity (Wildman–Crippen MR) is 77.3 cm³/mol. The van der Waals surface area contributed by atoms with E-state index in [2.05, 4.69) is 15.4 Å². The fourth-order valence-electron chi connectivity index (χ4n) is 1.53. The topological polar surface area (TPSA) is 85.9 Å². The maximum Gasteiger partial charge on any atom is 0.332 e. The molecular weight excluding hydrogens is 276 g/mol. The number of nitrogens with one attached hydrogen (secondary N) is 2. The van der Waals surface area contributed by atoms with E-state index >= 15 is 0 Å². The van der Waals surface area contributed by atoms with Crippen LogP contribution in [0.4, 0.5) is 5.69 Å². The number of ether oxygens (including phenoxy) is 3. The second kappa shape index (κ2) is 7.78. The Bertz CT molecular complexity index is 554. The fourth-order valence-corrected chi connectivity index (χ4v) is 1.53. The Balaban J connectivity index is 3.16. The van der Waals surface area contributed by atoms with Crippen molar-refractivity contribution in [2.24, 2.45) is 0 Å². The van der Waals surface area contributed by atoms with E-state index in [1.807, 2.05) is 0 Å². The lowest BCUT2D eigenvalue weighted by Gasteiger charge is -2.14. The molecule has 0 bridgehead atoms. The van der Waals surface area contributed by atoms with E-state index in [4.69, 9.17) is 9.47 Å². The van der Waals surface area contributed by atoms with Crippen molar-refractivity contribution in [3.05, 3.63) is 30.0 Å². The highest BCUT2D eigenvalue weighted by Crippen LogP contribution is 2.29. The average molecular weight is 294 g/mol. The summed E-state index contributed by atoms with van der Waals surface area (Å²) >= 11 is 0. The van der Waals surface area contributed by atoms with Gasteiger partial charge in [0.15, 0.2) is 0 Å². The Labute approximate surface area is 122 Å². The standard InChI is InChI=1S/C14H18N2O5/c1-15-14(18)11(8-13(17)21-4)16-10-7-9(19-2)5-6-12(10)20-3/h5-8,16H,1-4H3,(H,15,18)/b11-8-. The van der Waals surface area contributed by atoms with Crippen LogP contribution in [-0.2, 0) is 14.3 Å². The molecule has 1 amide bonds. The Morgan fingerprint density at radius 2 is 1.86 bits per heavy atom. The molecule has 7 heteroatoms. The van der Waals surface area contributed by atoms with Crippen molar-refractivity contribution in [1.82, 2.24) is 5.32 Å². The minimum Gasteiger partial charge on any atom is -0.497 e. The molecule has 0 saturated heterocycles. The molecule has 0 saturated carbocycles. The molecule has 21 heavy (non-hydrogen) atoms. The van der Waals surface area contributed by atoms with Gasteiger partial charge in [0.05, 0.1) is 33.1 Å². The summed E-state index contributed by atoms with van der Waals surface area (Å²) in [5.74, 6) is -0.0451. The maximum atomic E-state index is 11.8. The van der Waals surface area contributed by atoms with Gasteiger partial charge in [-0.25, -0.2) is 4.79 Å². The first-order valence-corrected chi connectivity index (χ1v) is 6.06. The Hall–Kier alpha value is -2.70. The van der Waals surface area contributed by atoms with E-state index in [-0.39, 0.29) is 5.70 Å². The Kier molecular flexibility index (Phi) is 6.06. The van der Waals surface area contributed by atoms with Crippen LogP contribution < -0.4 is 20.1 Å². The number of carbonyl (C=O) groups excluding carboxylic acids is 2. The zero-order valence-electron chi connectivity index (χ0n) is 12.4. The van der Waals surface area contributed by atoms with Crippen LogP contribution in [0.15, 0.2) is 30.0 Å². The zero-order chi connectivity index (χ0) is 15.8. The smallest absolute Gasteiger partial charge is 0.332 e. The van der Waals surface area contributed by atoms with Crippen molar-refractivity contribution in [1.29, 1.82) is 0 Å². The molecule has 7 nitrogen and oxygen atoms in total. The summed E-state index contributed by atoms with van der Waals surface area (Å²) in [6.07, 6.45) is 1.05. The van der Waals surface area contributed by atoms with Crippen LogP contribution in [0.25, 0.3) is 0 Å². The van der Waals surface area contributed by atoms with E-state index in [9.17, 15) is 9.59 Å². The van der Waals surface area contributed by atoms with Crippen molar-refractivity contribution in [3.8, 4) is 11.5 Å². The zero-order valence-corrected chi connectivity index (χ0v) is 12.4. The average Bonchev–Trinajstić information content (AvgIpc) is 2.52. The first kappa shape index (κ1) is 16.4. The van der Waals surface area contributed by atoms with E-state index in [0.29, 0.717) is 17.2 Å². The third-order valence-electron chi connectivity index (χ3n) is 2.61. The van der Waals surface area contributed by atoms with Crippen molar-refractivity contribution < 1.29 is 23.8 Å². The highest BCUT2D eigenvalue weighted by Gasteiger charge is 2.14. The molecular formula is C14H18N2O5. The predicted octanol–water partition coefficient (Wildman–Crippen LogP) is 0.919. The van der Waals surface area contributed by atoms with Gasteiger partial charge in [0, 0.05) is 13.1 Å². The minimum absolute atomic E-state index is 0.0240. The largest absolute Gasteiger partial charge is 0.497 e. The lowest BCUT2D eigenvalue weighted by molar-refractivity contribution is -0.135. The van der Waals surface area contributed by atoms with Gasteiger partial charge in [0.1, 0.15) is 17.2 Å². The van der Waals surface area contributed by atoms with Gasteiger partial charge in [-0.05, 0) is 12.1 Å². The Morgan fingerprint density at radius 3 is 2.38 bits per heavy atom. The molecule has 0 radical (unpaired) electrons. The number of hydrogen-bond acceptors (Lipinski definition) is 6. The molecule has 1 aromatic rings. The summed E-state index contributed by atoms with van der Waals surface area (Å²) in [6.45, 7) is 0. The summed E-state index contributed by atoms with van der Waals surface area (Å²) in [7, 11) is 5.70. The molecule has 0 aromatic heterocycles. The number of rotatable bonds is 6. The molecule has 1 rings (SSSR count). The van der Waals surface area contributed by atoms with Crippen LogP contribution in [-0.4, -0.2) is 40.3 Å². The van der Waals surface area contributed by atoms with Gasteiger partial charge in [0.25, 0.3) is 5.91 Å². The van der Waals surface area contributed by atoms with E-state index in [1.54, 1.807) is 18.2 Å². The summed E-state index contributed by atoms with van der Waals surface area (Å²) in [4.78, 5) is 23.1. The van der Waals surface area contributed by atoms with E-state index in [1.165, 1.54) is 28.4 Å². The Morgan fingerprint density at radius 1 is 1.14 bits per heavy atom. The molecule has 0 unspecified atom stereocenters. The van der Waals surface area contributed by atoms with Crippen molar-refractivity contribution in [3.63, 3.8) is 0 Å². The van der Waals surface area contributed by atoms with Crippen LogP contribution in [0, 0.1) is 0 Å². The summed E-state index contributed by atoms with van der Waals surface area (Å²) < 4.78 is 14.8. The third kappa shape index (κ3) is 4.41. The molecule has 0 aliphatic rings. The number of carbonyl (C=O) groups is 2. The summed E-state index contributed by atoms with van der Waals surface area (Å²) in [6, 6.07) is 5.04. The molecule has 0 spiro atoms. The van der Waals surface area contributed by atoms with Crippen LogP contribution >= 0.6 is 0 Å². The second-order valence-electron chi connectivity index (χ2n) is 3.85. The molecule has 0 aliphatic carbocycles. The van der Waals surface area contributed by atoms with Gasteiger partial charge >= 0.3 is 5.97 Å². The fraction of sp³-hybridized carbons (Fsp3) is 0.286. The molecule has 0 fully saturated rings. The number of esters is 1. The molecule has 0 heterocycles. The summed E-state index contributed by atoms with van der Waals surface area (Å²) in [5, 5.41) is 5.26. The number of hydrogen-bond donors (Lipinski definition) is 2. The van der Waals surface area contributed by atoms with Gasteiger partial charge in [-0.3, -0.25) is 4.79 Å². The minimum atomic E-state index is -0.650. The first-order valence-electron chi connectivity index (χ1n) is 6.06. The number of amides is 1. The lowest BCUT2D eigenvalue weighted by Crippen LogP contribution is -2.25. The van der Waals surface area contributed by atoms with E-state index in [0.717, 1.165) is 6.08 Å². The molecule has 2 N–H and O–H groups in total. The van der Waals surface area contributed by atoms with Gasteiger partial charge in [-0.15, -0.1) is 0 Å². The monoisotopic (exact) mass is 294 g/mol. The van der Waals surface area contributed by atoms with Crippen LogP contribution in [0.5, 0.6) is 11.5 Å². The summed E-state index contributed by atoms with van der Waals surface area (Å²) in [5.41, 5.74) is 0.506. The lowest BCUT2D eigenvalue weighted by atomic mass is 10.2. The number of likely N-dealkylation sites (N-methyl/N-ethyl adjacent to an activating group) is 1. The van der Waals surface area contributed by atoms with Gasteiger partial charge in [-0.1, -0.05) is 0 Å². The molecule has 114 valence electrons. The van der Waals surface area contributed by atoms with Gasteiger partial charge in [-0.2, -0.15) is 0 Å². The number of benzene rings is 1. The number of methoxy groups -OCH3 is 3. The normalized spacial score (nSPS) is 10.6. The maximum absolute atomic E-state index is 11.8. The highest BCUT2D eigenvalue weighted by molar-refractivity contribution is 6.01. The van der Waals surface area contributed by atoms with Crippen molar-refractivity contribution in [2.75, 3.05) is 33.7 Å². The third-order valence-corrected chi connectivity index (χ3v) is 2.61. The molecule has 0 aliphatic heterocycles. The van der Waals surface area contributed by atoms with E-state index < -0.39 is 11.9 Å². The quantitative estimate of drug-likeness (QED) is 0.599. The molecule has 0 atom stereocenters. The van der Waals surface area contributed by atoms with Crippen LogP contribution in [0.3, 0.4) is 0 Å². The van der Waals surface area contributed by atoms with Crippen molar-refractivity contribution >= 4 is 17.6 Å². The van der Waals surface area contributed by atoms with Crippen LogP contribution in [0.2, 0.25) is 0 Å². The van der Waals surface area contributed by atoms with Crippen LogP contribution in [0.1, 0.15) is 0 Å². The van der Waals surface area contributed by atoms with Gasteiger partial charge in [0.2, 0.25) is 0 Å².